The van der Waals surface area contributed by atoms with E-state index in [2.05, 4.69) is 10.1 Å². The number of ether oxygens (including phenoxy) is 1. The highest BCUT2D eigenvalue weighted by molar-refractivity contribution is 6.30. The lowest BCUT2D eigenvalue weighted by Gasteiger charge is -2.14. The van der Waals surface area contributed by atoms with Crippen LogP contribution in [0.1, 0.15) is 12.5 Å². The Morgan fingerprint density at radius 2 is 2.22 bits per heavy atom. The van der Waals surface area contributed by atoms with E-state index in [4.69, 9.17) is 16.7 Å². The SMILES string of the molecule is CCOC(=O)N[C@H](Cc1cccc(Cl)c1)C(=O)O. The highest BCUT2D eigenvalue weighted by atomic mass is 35.5. The van der Waals surface area contributed by atoms with Gasteiger partial charge >= 0.3 is 12.1 Å². The molecule has 0 aliphatic heterocycles. The number of aliphatic carboxylic acids is 1. The lowest BCUT2D eigenvalue weighted by atomic mass is 10.1. The van der Waals surface area contributed by atoms with Gasteiger partial charge in [0.05, 0.1) is 6.61 Å². The van der Waals surface area contributed by atoms with E-state index < -0.39 is 18.1 Å². The van der Waals surface area contributed by atoms with E-state index in [1.807, 2.05) is 0 Å². The molecule has 1 aromatic carbocycles. The van der Waals surface area contributed by atoms with Crippen molar-refractivity contribution in [3.63, 3.8) is 0 Å². The van der Waals surface area contributed by atoms with Crippen LogP contribution in [0.25, 0.3) is 0 Å². The van der Waals surface area contributed by atoms with Crippen LogP contribution in [-0.4, -0.2) is 29.8 Å². The summed E-state index contributed by atoms with van der Waals surface area (Å²) in [5.41, 5.74) is 0.728. The standard InChI is InChI=1S/C12H14ClNO4/c1-2-18-12(17)14-10(11(15)16)7-8-4-3-5-9(13)6-8/h3-6,10H,2,7H2,1H3,(H,14,17)(H,15,16)/t10-/m1/s1. The molecule has 98 valence electrons. The third-order valence-corrected chi connectivity index (χ3v) is 2.43. The monoisotopic (exact) mass is 271 g/mol. The molecule has 2 N–H and O–H groups in total. The first kappa shape index (κ1) is 14.3. The van der Waals surface area contributed by atoms with E-state index in [1.165, 1.54) is 0 Å². The quantitative estimate of drug-likeness (QED) is 0.860. The summed E-state index contributed by atoms with van der Waals surface area (Å²) in [7, 11) is 0. The smallest absolute Gasteiger partial charge is 0.407 e. The van der Waals surface area contributed by atoms with Gasteiger partial charge in [0.15, 0.2) is 0 Å². The number of hydrogen-bond acceptors (Lipinski definition) is 3. The average Bonchev–Trinajstić information content (AvgIpc) is 2.28. The lowest BCUT2D eigenvalue weighted by Crippen LogP contribution is -2.42. The van der Waals surface area contributed by atoms with Gasteiger partial charge in [-0.15, -0.1) is 0 Å². The van der Waals surface area contributed by atoms with E-state index in [1.54, 1.807) is 31.2 Å². The van der Waals surface area contributed by atoms with Crippen molar-refractivity contribution in [2.75, 3.05) is 6.61 Å². The summed E-state index contributed by atoms with van der Waals surface area (Å²) >= 11 is 5.80. The first-order chi connectivity index (χ1) is 8.52. The first-order valence-electron chi connectivity index (χ1n) is 5.43. The molecule has 1 rings (SSSR count). The van der Waals surface area contributed by atoms with Crippen LogP contribution in [-0.2, 0) is 16.0 Å². The van der Waals surface area contributed by atoms with Crippen molar-refractivity contribution in [3.05, 3.63) is 34.9 Å². The molecule has 0 unspecified atom stereocenters. The molecule has 0 aliphatic carbocycles. The number of carboxylic acid groups (broad SMARTS) is 1. The molecule has 0 aliphatic rings. The van der Waals surface area contributed by atoms with Crippen molar-refractivity contribution in [3.8, 4) is 0 Å². The number of carbonyl (C=O) groups excluding carboxylic acids is 1. The topological polar surface area (TPSA) is 75.6 Å². The number of hydrogen-bond donors (Lipinski definition) is 2. The van der Waals surface area contributed by atoms with Gasteiger partial charge in [0.2, 0.25) is 0 Å². The Kier molecular flexibility index (Phi) is 5.45. The zero-order valence-corrected chi connectivity index (χ0v) is 10.6. The second kappa shape index (κ2) is 6.86. The summed E-state index contributed by atoms with van der Waals surface area (Å²) in [6, 6.07) is 5.78. The van der Waals surface area contributed by atoms with Crippen molar-refractivity contribution in [2.45, 2.75) is 19.4 Å². The Bertz CT molecular complexity index is 436. The second-order valence-electron chi connectivity index (χ2n) is 3.59. The maximum atomic E-state index is 11.2. The maximum absolute atomic E-state index is 11.2. The van der Waals surface area contributed by atoms with Crippen LogP contribution in [0.3, 0.4) is 0 Å². The molecular weight excluding hydrogens is 258 g/mol. The number of rotatable bonds is 5. The molecule has 0 bridgehead atoms. The molecule has 0 fully saturated rings. The van der Waals surface area contributed by atoms with Crippen LogP contribution < -0.4 is 5.32 Å². The number of alkyl carbamates (subject to hydrolysis) is 1. The van der Waals surface area contributed by atoms with E-state index >= 15 is 0 Å². The third-order valence-electron chi connectivity index (χ3n) is 2.19. The summed E-state index contributed by atoms with van der Waals surface area (Å²) < 4.78 is 4.64. The summed E-state index contributed by atoms with van der Waals surface area (Å²) in [5.74, 6) is -1.12. The van der Waals surface area contributed by atoms with E-state index in [0.717, 1.165) is 5.56 Å². The van der Waals surface area contributed by atoms with Crippen LogP contribution in [0, 0.1) is 0 Å². The van der Waals surface area contributed by atoms with Crippen LogP contribution in [0.2, 0.25) is 5.02 Å². The molecule has 1 amide bonds. The van der Waals surface area contributed by atoms with Crippen molar-refractivity contribution in [1.82, 2.24) is 5.32 Å². The normalized spacial score (nSPS) is 11.7. The number of benzene rings is 1. The van der Waals surface area contributed by atoms with Crippen LogP contribution in [0.5, 0.6) is 0 Å². The number of halogens is 1. The summed E-state index contributed by atoms with van der Waals surface area (Å²) in [5, 5.41) is 11.8. The largest absolute Gasteiger partial charge is 0.480 e. The number of amides is 1. The molecule has 1 aromatic rings. The lowest BCUT2D eigenvalue weighted by molar-refractivity contribution is -0.139. The zero-order chi connectivity index (χ0) is 13.5. The fourth-order valence-electron chi connectivity index (χ4n) is 1.41. The number of nitrogens with one attached hydrogen (secondary N) is 1. The molecule has 0 radical (unpaired) electrons. The third kappa shape index (κ3) is 4.63. The highest BCUT2D eigenvalue weighted by Gasteiger charge is 2.20. The molecule has 1 atom stereocenters. The summed E-state index contributed by atoms with van der Waals surface area (Å²) in [6.07, 6.45) is -0.596. The number of carbonyl (C=O) groups is 2. The van der Waals surface area contributed by atoms with Gasteiger partial charge in [-0.25, -0.2) is 9.59 Å². The van der Waals surface area contributed by atoms with Gasteiger partial charge in [-0.3, -0.25) is 0 Å². The minimum Gasteiger partial charge on any atom is -0.480 e. The molecule has 0 heterocycles. The molecular formula is C12H14ClNO4. The zero-order valence-electron chi connectivity index (χ0n) is 9.85. The predicted octanol–water partition coefficient (Wildman–Crippen LogP) is 2.08. The maximum Gasteiger partial charge on any atom is 0.407 e. The summed E-state index contributed by atoms with van der Waals surface area (Å²) in [6.45, 7) is 1.83. The Hall–Kier alpha value is -1.75. The molecule has 6 heteroatoms. The highest BCUT2D eigenvalue weighted by Crippen LogP contribution is 2.12. The van der Waals surface area contributed by atoms with E-state index in [9.17, 15) is 9.59 Å². The van der Waals surface area contributed by atoms with Crippen LogP contribution in [0.15, 0.2) is 24.3 Å². The Morgan fingerprint density at radius 3 is 2.78 bits per heavy atom. The van der Waals surface area contributed by atoms with Crippen molar-refractivity contribution >= 4 is 23.7 Å². The molecule has 0 saturated carbocycles. The van der Waals surface area contributed by atoms with Gasteiger partial charge in [-0.1, -0.05) is 23.7 Å². The minimum absolute atomic E-state index is 0.148. The Balaban J connectivity index is 2.69. The Labute approximate surface area is 110 Å². The van der Waals surface area contributed by atoms with Gasteiger partial charge in [0.1, 0.15) is 6.04 Å². The van der Waals surface area contributed by atoms with Crippen LogP contribution >= 0.6 is 11.6 Å². The van der Waals surface area contributed by atoms with Crippen LogP contribution in [0.4, 0.5) is 4.79 Å². The second-order valence-corrected chi connectivity index (χ2v) is 4.03. The Morgan fingerprint density at radius 1 is 1.50 bits per heavy atom. The van der Waals surface area contributed by atoms with E-state index in [0.29, 0.717) is 5.02 Å². The molecule has 0 saturated heterocycles. The molecule has 0 aromatic heterocycles. The fraction of sp³-hybridized carbons (Fsp3) is 0.333. The minimum atomic E-state index is -1.12. The van der Waals surface area contributed by atoms with Gasteiger partial charge in [-0.05, 0) is 24.6 Å². The van der Waals surface area contributed by atoms with Gasteiger partial charge in [0, 0.05) is 11.4 Å². The molecule has 5 nitrogen and oxygen atoms in total. The molecule has 18 heavy (non-hydrogen) atoms. The molecule has 0 spiro atoms. The van der Waals surface area contributed by atoms with Gasteiger partial charge in [-0.2, -0.15) is 0 Å². The van der Waals surface area contributed by atoms with Crippen molar-refractivity contribution < 1.29 is 19.4 Å². The van der Waals surface area contributed by atoms with Crippen molar-refractivity contribution in [1.29, 1.82) is 0 Å². The van der Waals surface area contributed by atoms with Gasteiger partial charge < -0.3 is 15.2 Å². The van der Waals surface area contributed by atoms with Gasteiger partial charge in [0.25, 0.3) is 0 Å². The predicted molar refractivity (Wildman–Crippen MR) is 66.7 cm³/mol. The number of carboxylic acids is 1. The van der Waals surface area contributed by atoms with E-state index in [-0.39, 0.29) is 13.0 Å². The average molecular weight is 272 g/mol. The first-order valence-corrected chi connectivity index (χ1v) is 5.81. The summed E-state index contributed by atoms with van der Waals surface area (Å²) in [4.78, 5) is 22.2. The fourth-order valence-corrected chi connectivity index (χ4v) is 1.63. The van der Waals surface area contributed by atoms with Crippen molar-refractivity contribution in [2.24, 2.45) is 0 Å².